The zero-order valence-corrected chi connectivity index (χ0v) is 16.8. The predicted molar refractivity (Wildman–Crippen MR) is 108 cm³/mol. The summed E-state index contributed by atoms with van der Waals surface area (Å²) in [5.41, 5.74) is 6.83. The Labute approximate surface area is 176 Å². The zero-order valence-electron chi connectivity index (χ0n) is 15.3. The van der Waals surface area contributed by atoms with Crippen LogP contribution in [0.1, 0.15) is 15.9 Å². The van der Waals surface area contributed by atoms with Crippen LogP contribution in [-0.2, 0) is 18.3 Å². The monoisotopic (exact) mass is 436 g/mol. The Morgan fingerprint density at radius 1 is 1.31 bits per heavy atom. The van der Waals surface area contributed by atoms with Crippen LogP contribution in [0.4, 0.5) is 0 Å². The normalized spacial score (nSPS) is 13.1. The summed E-state index contributed by atoms with van der Waals surface area (Å²) in [4.78, 5) is 24.5. The Kier molecular flexibility index (Phi) is 6.26. The molecule has 0 radical (unpaired) electrons. The smallest absolute Gasteiger partial charge is 0.255 e. The number of aryl methyl sites for hydroxylation is 1. The second-order valence-corrected chi connectivity index (χ2v) is 7.14. The fourth-order valence-corrected chi connectivity index (χ4v) is 3.36. The number of furan rings is 1. The van der Waals surface area contributed by atoms with E-state index in [-0.39, 0.29) is 28.1 Å². The number of nitrogens with one attached hydrogen (secondary N) is 1. The lowest BCUT2D eigenvalue weighted by atomic mass is 10.00. The van der Waals surface area contributed by atoms with Gasteiger partial charge < -0.3 is 20.6 Å². The Balaban J connectivity index is 1.90. The van der Waals surface area contributed by atoms with Crippen molar-refractivity contribution in [3.63, 3.8) is 0 Å². The van der Waals surface area contributed by atoms with Gasteiger partial charge >= 0.3 is 0 Å². The van der Waals surface area contributed by atoms with Crippen LogP contribution < -0.4 is 11.1 Å². The largest absolute Gasteiger partial charge is 0.433 e. The highest BCUT2D eigenvalue weighted by molar-refractivity contribution is 6.34. The van der Waals surface area contributed by atoms with Gasteiger partial charge in [-0.1, -0.05) is 30.3 Å². The summed E-state index contributed by atoms with van der Waals surface area (Å²) in [6, 6.07) is 9.60. The Hall–Kier alpha value is -2.81. The number of aromatic nitrogens is 2. The third-order valence-corrected chi connectivity index (χ3v) is 4.74. The van der Waals surface area contributed by atoms with Gasteiger partial charge in [-0.25, -0.2) is 0 Å². The average molecular weight is 437 g/mol. The van der Waals surface area contributed by atoms with Gasteiger partial charge in [0.15, 0.2) is 11.3 Å². The molecule has 29 heavy (non-hydrogen) atoms. The molecule has 0 fully saturated rings. The molecule has 3 rings (SSSR count). The van der Waals surface area contributed by atoms with E-state index >= 15 is 0 Å². The summed E-state index contributed by atoms with van der Waals surface area (Å²) in [7, 11) is 1.63. The summed E-state index contributed by atoms with van der Waals surface area (Å²) in [5.74, 6) is -1.51. The number of carbonyl (C=O) groups excluding carboxylic acids is 2. The fraction of sp³-hybridized carbons (Fsp3) is 0.211. The molecule has 1 aromatic carbocycles. The number of aliphatic hydroxyl groups is 1. The first kappa shape index (κ1) is 20.9. The molecular weight excluding hydrogens is 419 g/mol. The van der Waals surface area contributed by atoms with Gasteiger partial charge in [-0.05, 0) is 35.2 Å². The minimum atomic E-state index is -1.58. The molecule has 2 aromatic heterocycles. The molecule has 0 aliphatic rings. The van der Waals surface area contributed by atoms with Crippen molar-refractivity contribution < 1.29 is 19.1 Å². The molecule has 2 heterocycles. The van der Waals surface area contributed by atoms with Gasteiger partial charge in [-0.2, -0.15) is 5.10 Å². The van der Waals surface area contributed by atoms with Crippen molar-refractivity contribution in [1.29, 1.82) is 0 Å². The fourth-order valence-electron chi connectivity index (χ4n) is 2.91. The number of amides is 2. The number of aliphatic hydroxyl groups excluding tert-OH is 1. The number of halogens is 2. The maximum atomic E-state index is 13.0. The van der Waals surface area contributed by atoms with Gasteiger partial charge in [0.2, 0.25) is 11.1 Å². The molecule has 8 nitrogen and oxygen atoms in total. The second-order valence-electron chi connectivity index (χ2n) is 6.42. The molecular formula is C19H18Cl2N4O4. The highest BCUT2D eigenvalue weighted by Crippen LogP contribution is 2.34. The summed E-state index contributed by atoms with van der Waals surface area (Å²) in [6.07, 6.45) is 0.106. The molecule has 2 unspecified atom stereocenters. The van der Waals surface area contributed by atoms with Gasteiger partial charge in [0.05, 0.1) is 17.2 Å². The number of primary amides is 1. The Morgan fingerprint density at radius 2 is 2.00 bits per heavy atom. The molecule has 4 N–H and O–H groups in total. The van der Waals surface area contributed by atoms with E-state index in [2.05, 4.69) is 10.4 Å². The van der Waals surface area contributed by atoms with Gasteiger partial charge in [0.1, 0.15) is 5.69 Å². The Bertz CT molecular complexity index is 1030. The van der Waals surface area contributed by atoms with E-state index in [9.17, 15) is 14.7 Å². The number of benzene rings is 1. The number of nitrogens with two attached hydrogens (primary N) is 1. The van der Waals surface area contributed by atoms with E-state index in [1.165, 1.54) is 16.9 Å². The van der Waals surface area contributed by atoms with E-state index in [0.29, 0.717) is 5.56 Å². The van der Waals surface area contributed by atoms with Crippen molar-refractivity contribution >= 4 is 35.0 Å². The van der Waals surface area contributed by atoms with Gasteiger partial charge in [-0.3, -0.25) is 14.3 Å². The van der Waals surface area contributed by atoms with E-state index < -0.39 is 24.0 Å². The summed E-state index contributed by atoms with van der Waals surface area (Å²) >= 11 is 11.9. The molecule has 0 saturated carbocycles. The SMILES string of the molecule is Cn1cc(C(=O)NC(Cc2ccccc2)C(O)C(N)=O)c(-c2cc(Cl)oc2Cl)n1. The number of carbonyl (C=O) groups is 2. The van der Waals surface area contributed by atoms with Crippen molar-refractivity contribution in [2.75, 3.05) is 0 Å². The van der Waals surface area contributed by atoms with Crippen molar-refractivity contribution in [2.24, 2.45) is 12.8 Å². The summed E-state index contributed by atoms with van der Waals surface area (Å²) in [6.45, 7) is 0. The number of nitrogens with zero attached hydrogens (tertiary/aromatic N) is 2. The quantitative estimate of drug-likeness (QED) is 0.523. The minimum absolute atomic E-state index is 0.0132. The second kappa shape index (κ2) is 8.69. The summed E-state index contributed by atoms with van der Waals surface area (Å²) < 4.78 is 6.52. The molecule has 3 aromatic rings. The van der Waals surface area contributed by atoms with Crippen LogP contribution in [0, 0.1) is 0 Å². The molecule has 0 bridgehead atoms. The third-order valence-electron chi connectivity index (χ3n) is 4.27. The van der Waals surface area contributed by atoms with E-state index in [0.717, 1.165) is 5.56 Å². The average Bonchev–Trinajstić information content (AvgIpc) is 3.22. The first-order valence-electron chi connectivity index (χ1n) is 8.57. The van der Waals surface area contributed by atoms with Crippen LogP contribution in [0.3, 0.4) is 0 Å². The molecule has 152 valence electrons. The molecule has 2 atom stereocenters. The molecule has 0 spiro atoms. The highest BCUT2D eigenvalue weighted by Gasteiger charge is 2.29. The van der Waals surface area contributed by atoms with Crippen LogP contribution >= 0.6 is 23.2 Å². The lowest BCUT2D eigenvalue weighted by Gasteiger charge is -2.22. The van der Waals surface area contributed by atoms with E-state index in [1.807, 2.05) is 30.3 Å². The predicted octanol–water partition coefficient (Wildman–Crippen LogP) is 2.17. The highest BCUT2D eigenvalue weighted by atomic mass is 35.5. The van der Waals surface area contributed by atoms with Gasteiger partial charge in [0.25, 0.3) is 5.91 Å². The van der Waals surface area contributed by atoms with Crippen LogP contribution in [0.5, 0.6) is 0 Å². The van der Waals surface area contributed by atoms with Crippen LogP contribution in [0.25, 0.3) is 11.3 Å². The standard InChI is InChI=1S/C19H18Cl2N4O4/c1-25-9-12(15(24-25)11-8-14(20)29-17(11)21)19(28)23-13(16(26)18(22)27)7-10-5-3-2-4-6-10/h2-6,8-9,13,16,26H,7H2,1H3,(H2,22,27)(H,23,28). The number of rotatable bonds is 7. The van der Waals surface area contributed by atoms with Crippen LogP contribution in [0.15, 0.2) is 47.0 Å². The molecule has 2 amide bonds. The lowest BCUT2D eigenvalue weighted by molar-refractivity contribution is -0.127. The first-order chi connectivity index (χ1) is 13.8. The van der Waals surface area contributed by atoms with Crippen molar-refractivity contribution in [2.45, 2.75) is 18.6 Å². The maximum absolute atomic E-state index is 13.0. The van der Waals surface area contributed by atoms with Gasteiger partial charge in [-0.15, -0.1) is 0 Å². The molecule has 10 heteroatoms. The topological polar surface area (TPSA) is 123 Å². The van der Waals surface area contributed by atoms with Crippen LogP contribution in [0.2, 0.25) is 10.4 Å². The number of hydrogen-bond acceptors (Lipinski definition) is 5. The Morgan fingerprint density at radius 3 is 2.59 bits per heavy atom. The van der Waals surface area contributed by atoms with Gasteiger partial charge in [0, 0.05) is 19.3 Å². The van der Waals surface area contributed by atoms with Crippen LogP contribution in [-0.4, -0.2) is 38.8 Å². The van der Waals surface area contributed by atoms with Crippen molar-refractivity contribution in [3.05, 3.63) is 64.2 Å². The summed E-state index contributed by atoms with van der Waals surface area (Å²) in [5, 5.41) is 17.2. The first-order valence-corrected chi connectivity index (χ1v) is 9.33. The van der Waals surface area contributed by atoms with E-state index in [4.69, 9.17) is 33.4 Å². The molecule has 0 aliphatic heterocycles. The maximum Gasteiger partial charge on any atom is 0.255 e. The molecule has 0 aliphatic carbocycles. The molecule has 0 saturated heterocycles. The van der Waals surface area contributed by atoms with E-state index in [1.54, 1.807) is 7.05 Å². The number of hydrogen-bond donors (Lipinski definition) is 3. The minimum Gasteiger partial charge on any atom is -0.433 e. The lowest BCUT2D eigenvalue weighted by Crippen LogP contribution is -2.50. The zero-order chi connectivity index (χ0) is 21.1. The van der Waals surface area contributed by atoms with Crippen molar-refractivity contribution in [1.82, 2.24) is 15.1 Å². The van der Waals surface area contributed by atoms with Crippen molar-refractivity contribution in [3.8, 4) is 11.3 Å². The third kappa shape index (κ3) is 4.79.